The molecule has 0 radical (unpaired) electrons. The molecule has 0 unspecified atom stereocenters. The molecule has 3 aromatic carbocycles. The van der Waals surface area contributed by atoms with Crippen molar-refractivity contribution >= 4 is 34.4 Å². The van der Waals surface area contributed by atoms with Crippen molar-refractivity contribution in [1.82, 2.24) is 4.57 Å². The molecule has 140 valence electrons. The minimum absolute atomic E-state index is 0.202. The average Bonchev–Trinajstić information content (AvgIpc) is 2.97. The Bertz CT molecular complexity index is 1130. The largest absolute Gasteiger partial charge is 0.494 e. The predicted octanol–water partition coefficient (Wildman–Crippen LogP) is 5.87. The quantitative estimate of drug-likeness (QED) is 0.433. The number of ether oxygens (including phenoxy) is 1. The van der Waals surface area contributed by atoms with Crippen LogP contribution in [0.5, 0.6) is 11.6 Å². The highest BCUT2D eigenvalue weighted by Gasteiger charge is 2.11. The van der Waals surface area contributed by atoms with E-state index in [0.717, 1.165) is 27.9 Å². The monoisotopic (exact) mass is 390 g/mol. The molecule has 0 saturated carbocycles. The molecular weight excluding hydrogens is 372 g/mol. The van der Waals surface area contributed by atoms with Crippen molar-refractivity contribution in [2.45, 2.75) is 6.61 Å². The molecule has 0 saturated heterocycles. The van der Waals surface area contributed by atoms with Crippen LogP contribution < -0.4 is 4.74 Å². The van der Waals surface area contributed by atoms with Crippen LogP contribution in [0, 0.1) is 0 Å². The number of aromatic nitrogens is 1. The molecule has 5 heteroatoms. The van der Waals surface area contributed by atoms with Gasteiger partial charge in [-0.2, -0.15) is 0 Å². The topological polar surface area (TPSA) is 46.8 Å². The van der Waals surface area contributed by atoms with E-state index in [-0.39, 0.29) is 5.88 Å². The highest BCUT2D eigenvalue weighted by atomic mass is 35.5. The Balaban J connectivity index is 1.47. The lowest BCUT2D eigenvalue weighted by molar-refractivity contribution is 0.306. The van der Waals surface area contributed by atoms with E-state index >= 15 is 0 Å². The number of benzene rings is 3. The average molecular weight is 391 g/mol. The van der Waals surface area contributed by atoms with Gasteiger partial charge in [-0.25, -0.2) is 0 Å². The number of aryl methyl sites for hydroxylation is 1. The summed E-state index contributed by atoms with van der Waals surface area (Å²) in [7, 11) is 1.84. The summed E-state index contributed by atoms with van der Waals surface area (Å²) in [5.74, 6) is 0.967. The zero-order valence-corrected chi connectivity index (χ0v) is 16.1. The van der Waals surface area contributed by atoms with E-state index in [4.69, 9.17) is 16.3 Å². The van der Waals surface area contributed by atoms with Crippen LogP contribution in [-0.2, 0) is 13.7 Å². The molecule has 0 aliphatic carbocycles. The summed E-state index contributed by atoms with van der Waals surface area (Å²) in [6.07, 6.45) is 1.70. The first-order valence-electron chi connectivity index (χ1n) is 8.89. The maximum Gasteiger partial charge on any atom is 0.200 e. The van der Waals surface area contributed by atoms with Crippen molar-refractivity contribution in [3.05, 3.63) is 88.9 Å². The fourth-order valence-electron chi connectivity index (χ4n) is 3.05. The Morgan fingerprint density at radius 1 is 1.00 bits per heavy atom. The maximum atomic E-state index is 10.4. The highest BCUT2D eigenvalue weighted by molar-refractivity contribution is 6.30. The molecule has 0 spiro atoms. The summed E-state index contributed by atoms with van der Waals surface area (Å²) in [6.45, 7) is 0.476. The molecule has 28 heavy (non-hydrogen) atoms. The molecule has 0 atom stereocenters. The zero-order valence-electron chi connectivity index (χ0n) is 15.3. The van der Waals surface area contributed by atoms with Crippen molar-refractivity contribution in [2.24, 2.45) is 12.0 Å². The lowest BCUT2D eigenvalue weighted by Gasteiger charge is -2.06. The van der Waals surface area contributed by atoms with Crippen LogP contribution in [0.1, 0.15) is 11.1 Å². The number of hydrogen-bond donors (Lipinski definition) is 1. The molecule has 1 aromatic heterocycles. The van der Waals surface area contributed by atoms with Crippen LogP contribution in [0.3, 0.4) is 0 Å². The Hall–Kier alpha value is -3.24. The van der Waals surface area contributed by atoms with Crippen molar-refractivity contribution in [2.75, 3.05) is 0 Å². The second-order valence-corrected chi connectivity index (χ2v) is 6.92. The van der Waals surface area contributed by atoms with Crippen molar-refractivity contribution in [1.29, 1.82) is 0 Å². The summed E-state index contributed by atoms with van der Waals surface area (Å²) in [5.41, 5.74) is 3.51. The number of fused-ring (bicyclic) bond motifs is 1. The summed E-state index contributed by atoms with van der Waals surface area (Å²) in [6, 6.07) is 23.0. The predicted molar refractivity (Wildman–Crippen MR) is 114 cm³/mol. The van der Waals surface area contributed by atoms with E-state index in [9.17, 15) is 5.11 Å². The SMILES string of the molecule is Cn1c(O)c(C=Nc2ccc(OCc3ccc(Cl)cc3)cc2)c2ccccc21. The molecule has 4 rings (SSSR count). The Kier molecular flexibility index (Phi) is 5.04. The van der Waals surface area contributed by atoms with Gasteiger partial charge in [0.15, 0.2) is 0 Å². The first-order valence-corrected chi connectivity index (χ1v) is 9.27. The van der Waals surface area contributed by atoms with E-state index in [1.54, 1.807) is 10.8 Å². The van der Waals surface area contributed by atoms with Crippen LogP contribution in [-0.4, -0.2) is 15.9 Å². The van der Waals surface area contributed by atoms with Crippen LogP contribution in [0.15, 0.2) is 77.8 Å². The van der Waals surface area contributed by atoms with Crippen molar-refractivity contribution < 1.29 is 9.84 Å². The van der Waals surface area contributed by atoms with E-state index in [0.29, 0.717) is 17.2 Å². The molecule has 0 bridgehead atoms. The minimum Gasteiger partial charge on any atom is -0.494 e. The lowest BCUT2D eigenvalue weighted by atomic mass is 10.2. The molecule has 0 aliphatic rings. The Morgan fingerprint density at radius 3 is 2.46 bits per heavy atom. The second kappa shape index (κ2) is 7.79. The molecule has 4 nitrogen and oxygen atoms in total. The molecule has 4 aromatic rings. The normalized spacial score (nSPS) is 11.4. The Labute approximate surface area is 168 Å². The molecule has 1 N–H and O–H groups in total. The number of hydrogen-bond acceptors (Lipinski definition) is 3. The van der Waals surface area contributed by atoms with Crippen LogP contribution in [0.25, 0.3) is 10.9 Å². The van der Waals surface area contributed by atoms with Gasteiger partial charge in [0.2, 0.25) is 5.88 Å². The van der Waals surface area contributed by atoms with Gasteiger partial charge in [-0.3, -0.25) is 4.99 Å². The molecule has 1 heterocycles. The third kappa shape index (κ3) is 3.73. The summed E-state index contributed by atoms with van der Waals surface area (Å²) in [5, 5.41) is 12.1. The molecule has 0 amide bonds. The van der Waals surface area contributed by atoms with Crippen LogP contribution >= 0.6 is 11.6 Å². The minimum atomic E-state index is 0.202. The fraction of sp³-hybridized carbons (Fsp3) is 0.0870. The van der Waals surface area contributed by atoms with Gasteiger partial charge in [0.05, 0.1) is 16.8 Å². The maximum absolute atomic E-state index is 10.4. The number of rotatable bonds is 5. The zero-order chi connectivity index (χ0) is 19.5. The van der Waals surface area contributed by atoms with Crippen molar-refractivity contribution in [3.63, 3.8) is 0 Å². The summed E-state index contributed by atoms with van der Waals surface area (Å²) in [4.78, 5) is 4.50. The van der Waals surface area contributed by atoms with E-state index < -0.39 is 0 Å². The highest BCUT2D eigenvalue weighted by Crippen LogP contribution is 2.29. The van der Waals surface area contributed by atoms with Gasteiger partial charge in [-0.05, 0) is 48.0 Å². The molecule has 0 fully saturated rings. The number of nitrogens with zero attached hydrogens (tertiary/aromatic N) is 2. The van der Waals surface area contributed by atoms with Gasteiger partial charge in [-0.15, -0.1) is 0 Å². The first kappa shape index (κ1) is 18.1. The number of halogens is 1. The number of aliphatic imine (C=N–C) groups is 1. The molecular formula is C23H19ClN2O2. The van der Waals surface area contributed by atoms with Gasteiger partial charge in [0.1, 0.15) is 12.4 Å². The number of aromatic hydroxyl groups is 1. The second-order valence-electron chi connectivity index (χ2n) is 6.48. The summed E-state index contributed by atoms with van der Waals surface area (Å²) >= 11 is 5.89. The smallest absolute Gasteiger partial charge is 0.200 e. The van der Waals surface area contributed by atoms with Gasteiger partial charge in [0, 0.05) is 23.7 Å². The van der Waals surface area contributed by atoms with E-state index in [2.05, 4.69) is 4.99 Å². The first-order chi connectivity index (χ1) is 13.6. The molecule has 0 aliphatic heterocycles. The van der Waals surface area contributed by atoms with Crippen LogP contribution in [0.2, 0.25) is 5.02 Å². The summed E-state index contributed by atoms with van der Waals surface area (Å²) < 4.78 is 7.55. The standard InChI is InChI=1S/C23H19ClN2O2/c1-26-22-5-3-2-4-20(22)21(23(26)27)14-25-18-10-12-19(13-11-18)28-15-16-6-8-17(24)9-7-16/h2-14,27H,15H2,1H3. The third-order valence-corrected chi connectivity index (χ3v) is 4.86. The van der Waals surface area contributed by atoms with E-state index in [1.165, 1.54) is 0 Å². The third-order valence-electron chi connectivity index (χ3n) is 4.61. The van der Waals surface area contributed by atoms with Crippen LogP contribution in [0.4, 0.5) is 5.69 Å². The van der Waals surface area contributed by atoms with E-state index in [1.807, 2.05) is 79.8 Å². The van der Waals surface area contributed by atoms with Crippen molar-refractivity contribution in [3.8, 4) is 11.6 Å². The number of para-hydroxylation sites is 1. The van der Waals surface area contributed by atoms with Gasteiger partial charge >= 0.3 is 0 Å². The Morgan fingerprint density at radius 2 is 1.71 bits per heavy atom. The van der Waals surface area contributed by atoms with Gasteiger partial charge in [0.25, 0.3) is 0 Å². The fourth-order valence-corrected chi connectivity index (χ4v) is 3.18. The van der Waals surface area contributed by atoms with Gasteiger partial charge in [-0.1, -0.05) is 41.9 Å². The van der Waals surface area contributed by atoms with Gasteiger partial charge < -0.3 is 14.4 Å². The lowest BCUT2D eigenvalue weighted by Crippen LogP contribution is -1.94.